The van der Waals surface area contributed by atoms with Crippen molar-refractivity contribution >= 4 is 16.7 Å². The summed E-state index contributed by atoms with van der Waals surface area (Å²) in [6, 6.07) is 6.37. The van der Waals surface area contributed by atoms with Gasteiger partial charge in [0, 0.05) is 5.92 Å². The molecule has 0 atom stereocenters. The molecule has 1 aromatic carbocycles. The van der Waals surface area contributed by atoms with Crippen molar-refractivity contribution < 1.29 is 0 Å². The van der Waals surface area contributed by atoms with E-state index in [9.17, 15) is 0 Å². The third-order valence-electron chi connectivity index (χ3n) is 5.47. The van der Waals surface area contributed by atoms with Gasteiger partial charge in [0.2, 0.25) is 0 Å². The fourth-order valence-electron chi connectivity index (χ4n) is 4.09. The van der Waals surface area contributed by atoms with E-state index in [0.29, 0.717) is 5.92 Å². The van der Waals surface area contributed by atoms with Gasteiger partial charge >= 0.3 is 0 Å². The molecule has 6 heteroatoms. The third-order valence-corrected chi connectivity index (χ3v) is 5.47. The Morgan fingerprint density at radius 2 is 1.88 bits per heavy atom. The van der Waals surface area contributed by atoms with E-state index < -0.39 is 0 Å². The molecule has 4 aromatic rings. The molecular formula is C20H22N6. The quantitative estimate of drug-likeness (QED) is 0.547. The molecule has 0 bridgehead atoms. The van der Waals surface area contributed by atoms with Gasteiger partial charge in [-0.25, -0.2) is 19.2 Å². The van der Waals surface area contributed by atoms with Crippen molar-refractivity contribution in [2.45, 2.75) is 51.9 Å². The van der Waals surface area contributed by atoms with Crippen LogP contribution in [0.25, 0.3) is 22.4 Å². The number of hydrogen-bond donors (Lipinski definition) is 0. The number of hydrogen-bond acceptors (Lipinski definition) is 4. The van der Waals surface area contributed by atoms with Crippen LogP contribution in [0.4, 0.5) is 0 Å². The van der Waals surface area contributed by atoms with Gasteiger partial charge in [-0.05, 0) is 38.3 Å². The zero-order valence-corrected chi connectivity index (χ0v) is 15.2. The monoisotopic (exact) mass is 346 g/mol. The first-order chi connectivity index (χ1) is 12.7. The lowest BCUT2D eigenvalue weighted by molar-refractivity contribution is 0.429. The van der Waals surface area contributed by atoms with E-state index in [-0.39, 0.29) is 0 Å². The lowest BCUT2D eigenvalue weighted by atomic mass is 9.89. The van der Waals surface area contributed by atoms with Crippen LogP contribution in [0.3, 0.4) is 0 Å². The average molecular weight is 346 g/mol. The van der Waals surface area contributed by atoms with Gasteiger partial charge in [0.1, 0.15) is 6.33 Å². The molecule has 6 nitrogen and oxygen atoms in total. The minimum absolute atomic E-state index is 0.480. The molecule has 3 heterocycles. The Morgan fingerprint density at radius 3 is 2.69 bits per heavy atom. The number of benzene rings is 1. The Kier molecular flexibility index (Phi) is 3.51. The number of rotatable bonds is 2. The lowest BCUT2D eigenvalue weighted by Crippen LogP contribution is -2.06. The largest absolute Gasteiger partial charge is 0.216 e. The summed E-state index contributed by atoms with van der Waals surface area (Å²) >= 11 is 0. The Morgan fingerprint density at radius 1 is 1.04 bits per heavy atom. The summed E-state index contributed by atoms with van der Waals surface area (Å²) in [5.41, 5.74) is 5.15. The first-order valence-electron chi connectivity index (χ1n) is 9.37. The number of aryl methyl sites for hydroxylation is 2. The second kappa shape index (κ2) is 5.90. The third kappa shape index (κ3) is 2.40. The molecule has 26 heavy (non-hydrogen) atoms. The highest BCUT2D eigenvalue weighted by Crippen LogP contribution is 2.31. The molecule has 1 fully saturated rings. The van der Waals surface area contributed by atoms with E-state index in [1.54, 1.807) is 10.8 Å². The fraction of sp³-hybridized carbons (Fsp3) is 0.400. The molecule has 3 aromatic heterocycles. The van der Waals surface area contributed by atoms with Crippen LogP contribution in [-0.4, -0.2) is 29.4 Å². The highest BCUT2D eigenvalue weighted by Gasteiger charge is 2.21. The Labute approximate surface area is 151 Å². The molecule has 0 radical (unpaired) electrons. The van der Waals surface area contributed by atoms with Gasteiger partial charge in [0.25, 0.3) is 0 Å². The predicted octanol–water partition coefficient (Wildman–Crippen LogP) is 4.13. The maximum Gasteiger partial charge on any atom is 0.170 e. The van der Waals surface area contributed by atoms with Crippen molar-refractivity contribution in [3.8, 4) is 5.69 Å². The zero-order valence-electron chi connectivity index (χ0n) is 15.2. The fourth-order valence-corrected chi connectivity index (χ4v) is 4.09. The standard InChI is InChI=1S/C20H22N6/c1-13-8-9-17(14(2)10-13)26-19-16(11-22-26)20-23-18(24-25(20)12-21-19)15-6-4-3-5-7-15/h8-12,15H,3-7H2,1-2H3. The van der Waals surface area contributed by atoms with Gasteiger partial charge in [-0.15, -0.1) is 5.10 Å². The number of nitrogens with zero attached hydrogens (tertiary/aromatic N) is 6. The molecule has 1 aliphatic carbocycles. The van der Waals surface area contributed by atoms with E-state index in [1.807, 2.05) is 10.9 Å². The molecule has 0 unspecified atom stereocenters. The van der Waals surface area contributed by atoms with Gasteiger partial charge in [-0.2, -0.15) is 5.10 Å². The second-order valence-electron chi connectivity index (χ2n) is 7.40. The lowest BCUT2D eigenvalue weighted by Gasteiger charge is -2.17. The van der Waals surface area contributed by atoms with Gasteiger partial charge in [-0.1, -0.05) is 37.0 Å². The molecule has 0 aliphatic heterocycles. The van der Waals surface area contributed by atoms with E-state index >= 15 is 0 Å². The van der Waals surface area contributed by atoms with E-state index in [0.717, 1.165) is 28.2 Å². The summed E-state index contributed by atoms with van der Waals surface area (Å²) in [6.45, 7) is 4.20. The molecule has 0 N–H and O–H groups in total. The molecule has 5 rings (SSSR count). The van der Waals surface area contributed by atoms with Gasteiger partial charge in [0.05, 0.1) is 17.3 Å². The van der Waals surface area contributed by atoms with Gasteiger partial charge in [-0.3, -0.25) is 0 Å². The molecule has 1 aliphatic rings. The highest BCUT2D eigenvalue weighted by atomic mass is 15.3. The summed E-state index contributed by atoms with van der Waals surface area (Å²) in [5.74, 6) is 1.44. The number of aromatic nitrogens is 6. The zero-order chi connectivity index (χ0) is 17.7. The highest BCUT2D eigenvalue weighted by molar-refractivity contribution is 5.89. The average Bonchev–Trinajstić information content (AvgIpc) is 3.26. The summed E-state index contributed by atoms with van der Waals surface area (Å²) < 4.78 is 3.71. The number of fused-ring (bicyclic) bond motifs is 3. The van der Waals surface area contributed by atoms with Crippen LogP contribution in [0.1, 0.15) is 55.0 Å². The summed E-state index contributed by atoms with van der Waals surface area (Å²) in [7, 11) is 0. The van der Waals surface area contributed by atoms with Crippen LogP contribution in [0, 0.1) is 13.8 Å². The normalized spacial score (nSPS) is 15.9. The molecule has 0 saturated heterocycles. The maximum absolute atomic E-state index is 4.87. The van der Waals surface area contributed by atoms with E-state index in [1.165, 1.54) is 43.2 Å². The van der Waals surface area contributed by atoms with Crippen LogP contribution in [0.2, 0.25) is 0 Å². The van der Waals surface area contributed by atoms with Crippen LogP contribution < -0.4 is 0 Å². The van der Waals surface area contributed by atoms with Crippen molar-refractivity contribution in [3.05, 3.63) is 47.7 Å². The Balaban J connectivity index is 1.65. The second-order valence-corrected chi connectivity index (χ2v) is 7.40. The maximum atomic E-state index is 4.87. The SMILES string of the molecule is Cc1ccc(-n2ncc3c2ncn2nc(C4CCCCC4)nc32)c(C)c1. The summed E-state index contributed by atoms with van der Waals surface area (Å²) in [5, 5.41) is 10.3. The molecule has 1 saturated carbocycles. The van der Waals surface area contributed by atoms with Crippen LogP contribution in [0.5, 0.6) is 0 Å². The van der Waals surface area contributed by atoms with Crippen molar-refractivity contribution in [3.63, 3.8) is 0 Å². The smallest absolute Gasteiger partial charge is 0.170 e. The van der Waals surface area contributed by atoms with Crippen molar-refractivity contribution in [1.82, 2.24) is 29.4 Å². The van der Waals surface area contributed by atoms with Crippen LogP contribution >= 0.6 is 0 Å². The van der Waals surface area contributed by atoms with Crippen molar-refractivity contribution in [2.75, 3.05) is 0 Å². The van der Waals surface area contributed by atoms with Crippen molar-refractivity contribution in [2.24, 2.45) is 0 Å². The van der Waals surface area contributed by atoms with Crippen LogP contribution in [-0.2, 0) is 0 Å². The van der Waals surface area contributed by atoms with E-state index in [4.69, 9.17) is 10.1 Å². The predicted molar refractivity (Wildman–Crippen MR) is 101 cm³/mol. The van der Waals surface area contributed by atoms with Crippen LogP contribution in [0.15, 0.2) is 30.7 Å². The minimum atomic E-state index is 0.480. The molecule has 0 spiro atoms. The summed E-state index contributed by atoms with van der Waals surface area (Å²) in [4.78, 5) is 9.50. The Hall–Kier alpha value is -2.76. The molecular weight excluding hydrogens is 324 g/mol. The van der Waals surface area contributed by atoms with Gasteiger partial charge < -0.3 is 0 Å². The van der Waals surface area contributed by atoms with E-state index in [2.05, 4.69) is 42.1 Å². The van der Waals surface area contributed by atoms with Crippen molar-refractivity contribution in [1.29, 1.82) is 0 Å². The Bertz CT molecular complexity index is 1100. The molecule has 0 amide bonds. The summed E-state index contributed by atoms with van der Waals surface area (Å²) in [6.07, 6.45) is 9.88. The first-order valence-corrected chi connectivity index (χ1v) is 9.37. The minimum Gasteiger partial charge on any atom is -0.216 e. The topological polar surface area (TPSA) is 60.9 Å². The van der Waals surface area contributed by atoms with Gasteiger partial charge in [0.15, 0.2) is 17.1 Å². The first kappa shape index (κ1) is 15.5. The molecule has 132 valence electrons.